The van der Waals surface area contributed by atoms with Crippen molar-refractivity contribution in [2.45, 2.75) is 13.3 Å². The molecule has 0 bridgehead atoms. The molecule has 0 spiro atoms. The van der Waals surface area contributed by atoms with Gasteiger partial charge in [0, 0.05) is 7.05 Å². The lowest BCUT2D eigenvalue weighted by Crippen LogP contribution is -2.05. The fourth-order valence-electron chi connectivity index (χ4n) is 2.02. The van der Waals surface area contributed by atoms with Gasteiger partial charge < -0.3 is 4.74 Å². The number of esters is 1. The van der Waals surface area contributed by atoms with Crippen LogP contribution in [-0.4, -0.2) is 22.4 Å². The molecule has 20 heavy (non-hydrogen) atoms. The number of rotatable bonds is 5. The highest BCUT2D eigenvalue weighted by Crippen LogP contribution is 2.21. The molecule has 0 saturated heterocycles. The van der Waals surface area contributed by atoms with Crippen molar-refractivity contribution in [2.24, 2.45) is 7.05 Å². The maximum absolute atomic E-state index is 11.7. The third kappa shape index (κ3) is 2.96. The molecule has 1 aromatic heterocycles. The Bertz CT molecular complexity index is 612. The zero-order valence-electron chi connectivity index (χ0n) is 11.8. The van der Waals surface area contributed by atoms with Crippen LogP contribution in [0.4, 0.5) is 0 Å². The number of hydrogen-bond acceptors (Lipinski definition) is 3. The van der Waals surface area contributed by atoms with Gasteiger partial charge in [0.25, 0.3) is 0 Å². The first-order valence-corrected chi connectivity index (χ1v) is 6.57. The third-order valence-electron chi connectivity index (χ3n) is 2.99. The van der Waals surface area contributed by atoms with Gasteiger partial charge in [0.2, 0.25) is 0 Å². The van der Waals surface area contributed by atoms with Crippen molar-refractivity contribution in [3.8, 4) is 11.3 Å². The van der Waals surface area contributed by atoms with Crippen LogP contribution in [-0.2, 0) is 18.2 Å². The Kier molecular flexibility index (Phi) is 4.35. The van der Waals surface area contributed by atoms with Gasteiger partial charge in [-0.2, -0.15) is 5.10 Å². The lowest BCUT2D eigenvalue weighted by molar-refractivity contribution is 0.0518. The molecule has 0 aliphatic carbocycles. The summed E-state index contributed by atoms with van der Waals surface area (Å²) in [5.74, 6) is -0.391. The first-order valence-electron chi connectivity index (χ1n) is 6.57. The molecule has 0 saturated carbocycles. The summed E-state index contributed by atoms with van der Waals surface area (Å²) in [5.41, 5.74) is 3.44. The van der Waals surface area contributed by atoms with E-state index in [-0.39, 0.29) is 0 Å². The van der Waals surface area contributed by atoms with Crippen LogP contribution in [0.1, 0.15) is 23.0 Å². The average molecular weight is 270 g/mol. The molecule has 0 unspecified atom stereocenters. The molecule has 4 heteroatoms. The number of hydrogen-bond donors (Lipinski definition) is 0. The summed E-state index contributed by atoms with van der Waals surface area (Å²) >= 11 is 0. The molecule has 1 aromatic carbocycles. The summed E-state index contributed by atoms with van der Waals surface area (Å²) < 4.78 is 6.65. The highest BCUT2D eigenvalue weighted by Gasteiger charge is 2.14. The van der Waals surface area contributed by atoms with E-state index in [2.05, 4.69) is 11.7 Å². The van der Waals surface area contributed by atoms with Gasteiger partial charge in [-0.05, 0) is 30.5 Å². The number of aromatic nitrogens is 2. The van der Waals surface area contributed by atoms with E-state index < -0.39 is 5.97 Å². The number of nitrogens with zero attached hydrogens (tertiary/aromatic N) is 2. The summed E-state index contributed by atoms with van der Waals surface area (Å²) in [6.07, 6.45) is 2.72. The summed E-state index contributed by atoms with van der Waals surface area (Å²) in [6.45, 7) is 5.85. The van der Waals surface area contributed by atoms with E-state index in [1.165, 1.54) is 5.56 Å². The summed E-state index contributed by atoms with van der Waals surface area (Å²) in [5, 5.41) is 4.19. The summed E-state index contributed by atoms with van der Waals surface area (Å²) in [4.78, 5) is 11.7. The topological polar surface area (TPSA) is 44.1 Å². The largest absolute Gasteiger partial charge is 0.461 e. The molecule has 0 aliphatic heterocycles. The van der Waals surface area contributed by atoms with E-state index in [1.54, 1.807) is 17.7 Å². The van der Waals surface area contributed by atoms with Crippen LogP contribution in [0.2, 0.25) is 0 Å². The summed E-state index contributed by atoms with van der Waals surface area (Å²) in [6, 6.07) is 9.89. The van der Waals surface area contributed by atoms with Crippen LogP contribution in [0, 0.1) is 0 Å². The average Bonchev–Trinajstić information content (AvgIpc) is 2.83. The lowest BCUT2D eigenvalue weighted by atomic mass is 10.1. The molecule has 0 aliphatic rings. The van der Waals surface area contributed by atoms with Crippen LogP contribution in [0.25, 0.3) is 11.3 Å². The quantitative estimate of drug-likeness (QED) is 0.619. The van der Waals surface area contributed by atoms with Gasteiger partial charge in [-0.3, -0.25) is 4.68 Å². The maximum Gasteiger partial charge on any atom is 0.358 e. The monoisotopic (exact) mass is 270 g/mol. The standard InChI is InChI=1S/C16H18N2O2/c1-4-6-12-7-9-13(10-8-12)15-11-14(17-18(15)3)16(19)20-5-2/h4,7-11H,1,5-6H2,2-3H3. The zero-order valence-corrected chi connectivity index (χ0v) is 11.8. The van der Waals surface area contributed by atoms with Crippen LogP contribution in [0.5, 0.6) is 0 Å². The molecular formula is C16H18N2O2. The minimum Gasteiger partial charge on any atom is -0.461 e. The fourth-order valence-corrected chi connectivity index (χ4v) is 2.02. The molecule has 0 fully saturated rings. The number of ether oxygens (including phenoxy) is 1. The van der Waals surface area contributed by atoms with Crippen molar-refractivity contribution < 1.29 is 9.53 Å². The second kappa shape index (κ2) is 6.19. The zero-order chi connectivity index (χ0) is 14.5. The number of benzene rings is 1. The van der Waals surface area contributed by atoms with Crippen LogP contribution >= 0.6 is 0 Å². The van der Waals surface area contributed by atoms with Gasteiger partial charge in [-0.15, -0.1) is 6.58 Å². The van der Waals surface area contributed by atoms with Crippen LogP contribution in [0.15, 0.2) is 43.0 Å². The van der Waals surface area contributed by atoms with Gasteiger partial charge >= 0.3 is 5.97 Å². The van der Waals surface area contributed by atoms with Gasteiger partial charge in [0.15, 0.2) is 5.69 Å². The molecule has 0 amide bonds. The van der Waals surface area contributed by atoms with E-state index in [0.29, 0.717) is 12.3 Å². The van der Waals surface area contributed by atoms with Crippen molar-refractivity contribution in [3.63, 3.8) is 0 Å². The summed E-state index contributed by atoms with van der Waals surface area (Å²) in [7, 11) is 1.82. The number of aryl methyl sites for hydroxylation is 1. The predicted octanol–water partition coefficient (Wildman–Crippen LogP) is 2.99. The Balaban J connectivity index is 2.28. The molecule has 104 valence electrons. The van der Waals surface area contributed by atoms with Gasteiger partial charge in [-0.25, -0.2) is 4.79 Å². The first-order chi connectivity index (χ1) is 9.65. The SMILES string of the molecule is C=CCc1ccc(-c2cc(C(=O)OCC)nn2C)cc1. The second-order valence-electron chi connectivity index (χ2n) is 4.45. The fraction of sp³-hybridized carbons (Fsp3) is 0.250. The third-order valence-corrected chi connectivity index (χ3v) is 2.99. The van der Waals surface area contributed by atoms with Gasteiger partial charge in [-0.1, -0.05) is 30.3 Å². The molecule has 0 N–H and O–H groups in total. The van der Waals surface area contributed by atoms with Crippen LogP contribution in [0.3, 0.4) is 0 Å². The van der Waals surface area contributed by atoms with Crippen molar-refractivity contribution in [1.29, 1.82) is 0 Å². The minimum absolute atomic E-state index is 0.333. The van der Waals surface area contributed by atoms with E-state index in [0.717, 1.165) is 17.7 Å². The lowest BCUT2D eigenvalue weighted by Gasteiger charge is -2.03. The predicted molar refractivity (Wildman–Crippen MR) is 78.5 cm³/mol. The number of carbonyl (C=O) groups is 1. The Hall–Kier alpha value is -2.36. The molecule has 0 atom stereocenters. The highest BCUT2D eigenvalue weighted by molar-refractivity contribution is 5.88. The Morgan fingerprint density at radius 1 is 1.40 bits per heavy atom. The van der Waals surface area contributed by atoms with Gasteiger partial charge in [0.1, 0.15) is 0 Å². The highest BCUT2D eigenvalue weighted by atomic mass is 16.5. The van der Waals surface area contributed by atoms with E-state index in [4.69, 9.17) is 4.74 Å². The molecule has 2 rings (SSSR count). The molecular weight excluding hydrogens is 252 g/mol. The molecule has 2 aromatic rings. The Morgan fingerprint density at radius 3 is 2.70 bits per heavy atom. The molecule has 4 nitrogen and oxygen atoms in total. The normalized spacial score (nSPS) is 10.3. The van der Waals surface area contributed by atoms with Gasteiger partial charge in [0.05, 0.1) is 12.3 Å². The first kappa shape index (κ1) is 14.1. The Labute approximate surface area is 118 Å². The van der Waals surface area contributed by atoms with Crippen molar-refractivity contribution in [1.82, 2.24) is 9.78 Å². The molecule has 0 radical (unpaired) electrons. The molecule has 1 heterocycles. The smallest absolute Gasteiger partial charge is 0.358 e. The van der Waals surface area contributed by atoms with E-state index in [1.807, 2.05) is 37.4 Å². The Morgan fingerprint density at radius 2 is 2.10 bits per heavy atom. The minimum atomic E-state index is -0.391. The van der Waals surface area contributed by atoms with Crippen LogP contribution < -0.4 is 0 Å². The van der Waals surface area contributed by atoms with Crippen molar-refractivity contribution in [3.05, 3.63) is 54.2 Å². The second-order valence-corrected chi connectivity index (χ2v) is 4.45. The van der Waals surface area contributed by atoms with E-state index in [9.17, 15) is 4.79 Å². The van der Waals surface area contributed by atoms with Crippen molar-refractivity contribution >= 4 is 5.97 Å². The van der Waals surface area contributed by atoms with E-state index >= 15 is 0 Å². The van der Waals surface area contributed by atoms with Crippen molar-refractivity contribution in [2.75, 3.05) is 6.61 Å². The maximum atomic E-state index is 11.7. The number of allylic oxidation sites excluding steroid dienone is 1. The number of carbonyl (C=O) groups excluding carboxylic acids is 1.